The summed E-state index contributed by atoms with van der Waals surface area (Å²) in [5.41, 5.74) is 2.02. The Morgan fingerprint density at radius 1 is 0.975 bits per heavy atom. The Hall–Kier alpha value is -3.56. The Balaban J connectivity index is 2.08. The van der Waals surface area contributed by atoms with Gasteiger partial charge in [0.05, 0.1) is 17.2 Å². The topological polar surface area (TPSA) is 96.0 Å². The van der Waals surface area contributed by atoms with Gasteiger partial charge in [0.1, 0.15) is 18.3 Å². The molecule has 214 valence electrons. The molecule has 3 aromatic rings. The molecule has 0 bridgehead atoms. The highest BCUT2D eigenvalue weighted by Gasteiger charge is 2.33. The van der Waals surface area contributed by atoms with Gasteiger partial charge in [0.25, 0.3) is 10.0 Å². The number of carbonyl (C=O) groups excluding carboxylic acids is 2. The third-order valence-corrected chi connectivity index (χ3v) is 8.46. The lowest BCUT2D eigenvalue weighted by molar-refractivity contribution is -0.139. The van der Waals surface area contributed by atoms with Crippen LogP contribution in [0.1, 0.15) is 38.3 Å². The van der Waals surface area contributed by atoms with Crippen molar-refractivity contribution < 1.29 is 22.7 Å². The molecule has 0 saturated carbocycles. The van der Waals surface area contributed by atoms with Crippen molar-refractivity contribution in [2.75, 3.05) is 24.0 Å². The van der Waals surface area contributed by atoms with Gasteiger partial charge in [-0.2, -0.15) is 0 Å². The number of nitrogens with zero attached hydrogens (tertiary/aromatic N) is 2. The van der Waals surface area contributed by atoms with Crippen LogP contribution in [0.15, 0.2) is 77.7 Å². The van der Waals surface area contributed by atoms with Crippen LogP contribution in [-0.2, 0) is 26.2 Å². The molecule has 0 saturated heterocycles. The molecular formula is C30H36ClN3O5S. The summed E-state index contributed by atoms with van der Waals surface area (Å²) >= 11 is 6.01. The maximum atomic E-state index is 14.0. The van der Waals surface area contributed by atoms with Crippen LogP contribution >= 0.6 is 11.6 Å². The summed E-state index contributed by atoms with van der Waals surface area (Å²) in [5, 5.41) is 3.22. The van der Waals surface area contributed by atoms with Crippen LogP contribution in [0, 0.1) is 6.92 Å². The zero-order chi connectivity index (χ0) is 29.3. The lowest BCUT2D eigenvalue weighted by atomic mass is 10.1. The average molecular weight is 586 g/mol. The van der Waals surface area contributed by atoms with Crippen molar-refractivity contribution in [1.29, 1.82) is 0 Å². The van der Waals surface area contributed by atoms with E-state index in [1.165, 1.54) is 29.2 Å². The van der Waals surface area contributed by atoms with Gasteiger partial charge in [0.2, 0.25) is 11.8 Å². The molecule has 1 atom stereocenters. The normalized spacial score (nSPS) is 11.9. The number of hydrogen-bond acceptors (Lipinski definition) is 5. The van der Waals surface area contributed by atoms with Crippen molar-refractivity contribution in [2.45, 2.75) is 51.6 Å². The number of sulfonamides is 1. The Bertz CT molecular complexity index is 1410. The van der Waals surface area contributed by atoms with Crippen molar-refractivity contribution in [3.8, 4) is 5.75 Å². The summed E-state index contributed by atoms with van der Waals surface area (Å²) in [6, 6.07) is 19.1. The summed E-state index contributed by atoms with van der Waals surface area (Å²) in [5.74, 6) is -0.536. The minimum absolute atomic E-state index is 0.0322. The minimum atomic E-state index is -4.23. The highest BCUT2D eigenvalue weighted by molar-refractivity contribution is 7.92. The number of ether oxygens (including phenoxy) is 1. The zero-order valence-corrected chi connectivity index (χ0v) is 24.8. The molecule has 40 heavy (non-hydrogen) atoms. The van der Waals surface area contributed by atoms with Crippen LogP contribution in [0.25, 0.3) is 0 Å². The van der Waals surface area contributed by atoms with Crippen molar-refractivity contribution in [1.82, 2.24) is 10.2 Å². The molecule has 0 unspecified atom stereocenters. The second-order valence-corrected chi connectivity index (χ2v) is 11.6. The number of carbonyl (C=O) groups is 2. The Labute approximate surface area is 241 Å². The van der Waals surface area contributed by atoms with E-state index in [0.717, 1.165) is 21.9 Å². The molecule has 1 N–H and O–H groups in total. The first-order valence-corrected chi connectivity index (χ1v) is 15.0. The van der Waals surface area contributed by atoms with Gasteiger partial charge in [-0.25, -0.2) is 8.42 Å². The van der Waals surface area contributed by atoms with Crippen molar-refractivity contribution >= 4 is 39.1 Å². The molecule has 0 aromatic heterocycles. The van der Waals surface area contributed by atoms with Gasteiger partial charge in [-0.3, -0.25) is 13.9 Å². The third-order valence-electron chi connectivity index (χ3n) is 6.43. The van der Waals surface area contributed by atoms with Crippen LogP contribution < -0.4 is 14.4 Å². The average Bonchev–Trinajstić information content (AvgIpc) is 2.94. The molecule has 3 aromatic carbocycles. The molecule has 0 aliphatic carbocycles. The second-order valence-electron chi connectivity index (χ2n) is 9.28. The van der Waals surface area contributed by atoms with Crippen LogP contribution in [0.2, 0.25) is 5.02 Å². The number of para-hydroxylation sites is 2. The zero-order valence-electron chi connectivity index (χ0n) is 23.3. The number of rotatable bonds is 13. The number of amides is 2. The predicted molar refractivity (Wildman–Crippen MR) is 158 cm³/mol. The highest BCUT2D eigenvalue weighted by Crippen LogP contribution is 2.33. The largest absolute Gasteiger partial charge is 0.492 e. The maximum Gasteiger partial charge on any atom is 0.264 e. The molecule has 8 nitrogen and oxygen atoms in total. The van der Waals surface area contributed by atoms with E-state index in [2.05, 4.69) is 5.32 Å². The fraction of sp³-hybridized carbons (Fsp3) is 0.333. The summed E-state index contributed by atoms with van der Waals surface area (Å²) in [6.45, 7) is 7.66. The number of anilines is 1. The standard InChI is InChI=1S/C30H36ClN3O5S/c1-5-19-32-30(36)23(4)33(20-24-12-8-7-11-22(24)3)29(35)21-34(27-13-9-10-14-28(27)39-6-2)40(37,38)26-17-15-25(31)16-18-26/h7-18,23H,5-6,19-21H2,1-4H3,(H,32,36)/t23-/m0/s1. The summed E-state index contributed by atoms with van der Waals surface area (Å²) < 4.78 is 34.8. The first kappa shape index (κ1) is 31.0. The van der Waals surface area contributed by atoms with E-state index >= 15 is 0 Å². The first-order valence-electron chi connectivity index (χ1n) is 13.2. The number of aryl methyl sites for hydroxylation is 1. The Kier molecular flexibility index (Phi) is 11.0. The van der Waals surface area contributed by atoms with Crippen LogP contribution in [0.5, 0.6) is 5.75 Å². The highest BCUT2D eigenvalue weighted by atomic mass is 35.5. The van der Waals surface area contributed by atoms with Crippen LogP contribution in [0.4, 0.5) is 5.69 Å². The van der Waals surface area contributed by atoms with Gasteiger partial charge < -0.3 is 15.0 Å². The lowest BCUT2D eigenvalue weighted by Crippen LogP contribution is -2.51. The van der Waals surface area contributed by atoms with Crippen LogP contribution in [-0.4, -0.2) is 50.9 Å². The van der Waals surface area contributed by atoms with Gasteiger partial charge in [0, 0.05) is 18.1 Å². The SMILES string of the molecule is CCCNC(=O)[C@H](C)N(Cc1ccccc1C)C(=O)CN(c1ccccc1OCC)S(=O)(=O)c1ccc(Cl)cc1. The Morgan fingerprint density at radius 3 is 2.27 bits per heavy atom. The molecule has 0 fully saturated rings. The number of hydrogen-bond donors (Lipinski definition) is 1. The molecular weight excluding hydrogens is 550 g/mol. The smallest absolute Gasteiger partial charge is 0.264 e. The number of halogens is 1. The van der Waals surface area contributed by atoms with E-state index in [-0.39, 0.29) is 23.0 Å². The molecule has 3 rings (SSSR count). The van der Waals surface area contributed by atoms with E-state index in [1.807, 2.05) is 38.1 Å². The first-order chi connectivity index (χ1) is 19.1. The van der Waals surface area contributed by atoms with Crippen molar-refractivity contribution in [3.63, 3.8) is 0 Å². The minimum Gasteiger partial charge on any atom is -0.492 e. The van der Waals surface area contributed by atoms with Gasteiger partial charge >= 0.3 is 0 Å². The summed E-state index contributed by atoms with van der Waals surface area (Å²) in [7, 11) is -4.23. The fourth-order valence-corrected chi connectivity index (χ4v) is 5.69. The molecule has 2 amide bonds. The Morgan fingerprint density at radius 2 is 1.62 bits per heavy atom. The van der Waals surface area contributed by atoms with Gasteiger partial charge in [-0.05, 0) is 74.7 Å². The quantitative estimate of drug-likeness (QED) is 0.298. The molecule has 0 radical (unpaired) electrons. The van der Waals surface area contributed by atoms with E-state index in [0.29, 0.717) is 23.9 Å². The van der Waals surface area contributed by atoms with Gasteiger partial charge in [-0.15, -0.1) is 0 Å². The van der Waals surface area contributed by atoms with E-state index < -0.39 is 28.5 Å². The summed E-state index contributed by atoms with van der Waals surface area (Å²) in [6.07, 6.45) is 0.742. The van der Waals surface area contributed by atoms with E-state index in [9.17, 15) is 18.0 Å². The molecule has 0 aliphatic rings. The molecule has 0 spiro atoms. The van der Waals surface area contributed by atoms with E-state index in [1.54, 1.807) is 38.1 Å². The maximum absolute atomic E-state index is 14.0. The molecule has 10 heteroatoms. The van der Waals surface area contributed by atoms with Gasteiger partial charge in [0.15, 0.2) is 0 Å². The lowest BCUT2D eigenvalue weighted by Gasteiger charge is -2.32. The molecule has 0 heterocycles. The number of benzene rings is 3. The third kappa shape index (κ3) is 7.55. The van der Waals surface area contributed by atoms with Crippen molar-refractivity contribution in [3.05, 3.63) is 88.9 Å². The second kappa shape index (κ2) is 14.2. The van der Waals surface area contributed by atoms with Crippen molar-refractivity contribution in [2.24, 2.45) is 0 Å². The van der Waals surface area contributed by atoms with Gasteiger partial charge in [-0.1, -0.05) is 54.9 Å². The fourth-order valence-electron chi connectivity index (χ4n) is 4.14. The van der Waals surface area contributed by atoms with E-state index in [4.69, 9.17) is 16.3 Å². The monoisotopic (exact) mass is 585 g/mol. The van der Waals surface area contributed by atoms with Crippen LogP contribution in [0.3, 0.4) is 0 Å². The predicted octanol–water partition coefficient (Wildman–Crippen LogP) is 5.19. The number of nitrogens with one attached hydrogen (secondary N) is 1. The summed E-state index contributed by atoms with van der Waals surface area (Å²) in [4.78, 5) is 28.4. The molecule has 0 aliphatic heterocycles.